The summed E-state index contributed by atoms with van der Waals surface area (Å²) in [7, 11) is 0. The van der Waals surface area contributed by atoms with Gasteiger partial charge in [0.2, 0.25) is 5.91 Å². The van der Waals surface area contributed by atoms with E-state index in [9.17, 15) is 14.9 Å². The maximum Gasteiger partial charge on any atom is 0.269 e. The third-order valence-corrected chi connectivity index (χ3v) is 2.46. The van der Waals surface area contributed by atoms with E-state index >= 15 is 0 Å². The van der Waals surface area contributed by atoms with E-state index < -0.39 is 4.92 Å². The molecule has 0 fully saturated rings. The molecule has 0 aliphatic carbocycles. The normalized spacial score (nSPS) is 12.2. The van der Waals surface area contributed by atoms with Crippen LogP contribution in [0, 0.1) is 16.0 Å². The number of non-ortho nitro benzene ring substituents is 1. The van der Waals surface area contributed by atoms with Crippen LogP contribution >= 0.6 is 0 Å². The second-order valence-corrected chi connectivity index (χ2v) is 4.24. The molecule has 0 saturated heterocycles. The van der Waals surface area contributed by atoms with E-state index in [-0.39, 0.29) is 23.6 Å². The first-order chi connectivity index (χ1) is 7.91. The number of carbonyl (C=O) groups excluding carboxylic acids is 1. The molecule has 5 nitrogen and oxygen atoms in total. The van der Waals surface area contributed by atoms with Crippen molar-refractivity contribution in [2.75, 3.05) is 0 Å². The Labute approximate surface area is 100.0 Å². The van der Waals surface area contributed by atoms with E-state index in [0.29, 0.717) is 0 Å². The maximum absolute atomic E-state index is 11.5. The Balaban J connectivity index is 2.82. The molecule has 1 aromatic carbocycles. The lowest BCUT2D eigenvalue weighted by atomic mass is 10.1. The van der Waals surface area contributed by atoms with Gasteiger partial charge in [-0.1, -0.05) is 26.0 Å². The summed E-state index contributed by atoms with van der Waals surface area (Å²) >= 11 is 0. The van der Waals surface area contributed by atoms with Gasteiger partial charge in [0.25, 0.3) is 5.69 Å². The van der Waals surface area contributed by atoms with Crippen molar-refractivity contribution >= 4 is 11.6 Å². The summed E-state index contributed by atoms with van der Waals surface area (Å²) in [5, 5.41) is 13.4. The van der Waals surface area contributed by atoms with Gasteiger partial charge in [-0.3, -0.25) is 14.9 Å². The molecule has 92 valence electrons. The Hall–Kier alpha value is -1.91. The van der Waals surface area contributed by atoms with Gasteiger partial charge < -0.3 is 5.32 Å². The SMILES string of the molecule is CC(C)C(=O)NC(C)c1cccc([N+](=O)[O-])c1. The zero-order valence-corrected chi connectivity index (χ0v) is 10.1. The van der Waals surface area contributed by atoms with Crippen molar-refractivity contribution in [3.05, 3.63) is 39.9 Å². The van der Waals surface area contributed by atoms with Crippen molar-refractivity contribution in [3.8, 4) is 0 Å². The molecule has 1 aromatic rings. The molecule has 0 aromatic heterocycles. The van der Waals surface area contributed by atoms with Crippen LogP contribution in [0.3, 0.4) is 0 Å². The van der Waals surface area contributed by atoms with Crippen LogP contribution in [0.4, 0.5) is 5.69 Å². The van der Waals surface area contributed by atoms with Crippen LogP contribution in [-0.2, 0) is 4.79 Å². The smallest absolute Gasteiger partial charge is 0.269 e. The third kappa shape index (κ3) is 3.55. The van der Waals surface area contributed by atoms with Crippen LogP contribution in [0.1, 0.15) is 32.4 Å². The number of nitrogens with one attached hydrogen (secondary N) is 1. The number of amides is 1. The van der Waals surface area contributed by atoms with Crippen LogP contribution in [0.25, 0.3) is 0 Å². The minimum Gasteiger partial charge on any atom is -0.349 e. The first-order valence-electron chi connectivity index (χ1n) is 5.46. The predicted octanol–water partition coefficient (Wildman–Crippen LogP) is 2.43. The lowest BCUT2D eigenvalue weighted by Gasteiger charge is -2.15. The minimum absolute atomic E-state index is 0.0353. The van der Waals surface area contributed by atoms with Gasteiger partial charge in [0.15, 0.2) is 0 Å². The highest BCUT2D eigenvalue weighted by molar-refractivity contribution is 5.78. The van der Waals surface area contributed by atoms with Gasteiger partial charge in [-0.2, -0.15) is 0 Å². The molecule has 0 radical (unpaired) electrons. The number of nitrogens with zero attached hydrogens (tertiary/aromatic N) is 1. The molecule has 0 heterocycles. The fraction of sp³-hybridized carbons (Fsp3) is 0.417. The first kappa shape index (κ1) is 13.2. The highest BCUT2D eigenvalue weighted by Gasteiger charge is 2.14. The van der Waals surface area contributed by atoms with Gasteiger partial charge in [-0.15, -0.1) is 0 Å². The second kappa shape index (κ2) is 5.43. The van der Waals surface area contributed by atoms with E-state index in [1.807, 2.05) is 0 Å². The van der Waals surface area contributed by atoms with Gasteiger partial charge in [-0.05, 0) is 12.5 Å². The average Bonchev–Trinajstić information content (AvgIpc) is 2.28. The van der Waals surface area contributed by atoms with E-state index in [1.165, 1.54) is 12.1 Å². The van der Waals surface area contributed by atoms with E-state index in [1.54, 1.807) is 32.9 Å². The minimum atomic E-state index is -0.444. The highest BCUT2D eigenvalue weighted by Crippen LogP contribution is 2.19. The van der Waals surface area contributed by atoms with Crippen molar-refractivity contribution in [1.82, 2.24) is 5.32 Å². The second-order valence-electron chi connectivity index (χ2n) is 4.24. The van der Waals surface area contributed by atoms with Crippen molar-refractivity contribution in [1.29, 1.82) is 0 Å². The highest BCUT2D eigenvalue weighted by atomic mass is 16.6. The molecule has 17 heavy (non-hydrogen) atoms. The van der Waals surface area contributed by atoms with E-state index in [2.05, 4.69) is 5.32 Å². The van der Waals surface area contributed by atoms with E-state index in [4.69, 9.17) is 0 Å². The van der Waals surface area contributed by atoms with Crippen molar-refractivity contribution < 1.29 is 9.72 Å². The van der Waals surface area contributed by atoms with Gasteiger partial charge >= 0.3 is 0 Å². The lowest BCUT2D eigenvalue weighted by molar-refractivity contribution is -0.384. The number of hydrogen-bond donors (Lipinski definition) is 1. The zero-order valence-electron chi connectivity index (χ0n) is 10.1. The number of nitro groups is 1. The number of hydrogen-bond acceptors (Lipinski definition) is 3. The third-order valence-electron chi connectivity index (χ3n) is 2.46. The predicted molar refractivity (Wildman–Crippen MR) is 64.5 cm³/mol. The molecule has 0 spiro atoms. The number of benzene rings is 1. The molecule has 1 rings (SSSR count). The van der Waals surface area contributed by atoms with Crippen LogP contribution < -0.4 is 5.32 Å². The van der Waals surface area contributed by atoms with Crippen LogP contribution in [0.2, 0.25) is 0 Å². The van der Waals surface area contributed by atoms with Crippen LogP contribution in [0.15, 0.2) is 24.3 Å². The Morgan fingerprint density at radius 2 is 2.00 bits per heavy atom. The van der Waals surface area contributed by atoms with Crippen molar-refractivity contribution in [2.45, 2.75) is 26.8 Å². The van der Waals surface area contributed by atoms with Gasteiger partial charge in [-0.25, -0.2) is 0 Å². The molecular weight excluding hydrogens is 220 g/mol. The summed E-state index contributed by atoms with van der Waals surface area (Å²) in [5.41, 5.74) is 0.765. The molecule has 5 heteroatoms. The van der Waals surface area contributed by atoms with Crippen LogP contribution in [0.5, 0.6) is 0 Å². The van der Waals surface area contributed by atoms with Gasteiger partial charge in [0.05, 0.1) is 11.0 Å². The Morgan fingerprint density at radius 3 is 2.53 bits per heavy atom. The quantitative estimate of drug-likeness (QED) is 0.644. The maximum atomic E-state index is 11.5. The Morgan fingerprint density at radius 1 is 1.35 bits per heavy atom. The molecule has 0 aliphatic heterocycles. The number of rotatable bonds is 4. The fourth-order valence-electron chi connectivity index (χ4n) is 1.37. The van der Waals surface area contributed by atoms with Crippen molar-refractivity contribution in [2.24, 2.45) is 5.92 Å². The average molecular weight is 236 g/mol. The number of nitro benzene ring substituents is 1. The zero-order chi connectivity index (χ0) is 13.0. The molecule has 1 amide bonds. The largest absolute Gasteiger partial charge is 0.349 e. The van der Waals surface area contributed by atoms with Gasteiger partial charge in [0.1, 0.15) is 0 Å². The Bertz CT molecular complexity index is 430. The molecule has 0 bridgehead atoms. The lowest BCUT2D eigenvalue weighted by Crippen LogP contribution is -2.30. The molecule has 1 atom stereocenters. The Kier molecular flexibility index (Phi) is 4.20. The first-order valence-corrected chi connectivity index (χ1v) is 5.46. The summed E-state index contributed by atoms with van der Waals surface area (Å²) in [6.07, 6.45) is 0. The fourth-order valence-corrected chi connectivity index (χ4v) is 1.37. The van der Waals surface area contributed by atoms with Crippen LogP contribution in [-0.4, -0.2) is 10.8 Å². The summed E-state index contributed by atoms with van der Waals surface area (Å²) in [6.45, 7) is 5.41. The summed E-state index contributed by atoms with van der Waals surface area (Å²) in [6, 6.07) is 6.06. The molecular formula is C12H16N2O3. The summed E-state index contributed by atoms with van der Waals surface area (Å²) in [4.78, 5) is 21.7. The topological polar surface area (TPSA) is 72.2 Å². The summed E-state index contributed by atoms with van der Waals surface area (Å²) < 4.78 is 0. The molecule has 1 N–H and O–H groups in total. The van der Waals surface area contributed by atoms with Crippen molar-refractivity contribution in [3.63, 3.8) is 0 Å². The monoisotopic (exact) mass is 236 g/mol. The molecule has 0 aliphatic rings. The summed E-state index contributed by atoms with van der Waals surface area (Å²) in [5.74, 6) is -0.167. The standard InChI is InChI=1S/C12H16N2O3/c1-8(2)12(15)13-9(3)10-5-4-6-11(7-10)14(16)17/h4-9H,1-3H3,(H,13,15). The van der Waals surface area contributed by atoms with E-state index in [0.717, 1.165) is 5.56 Å². The molecule has 0 saturated carbocycles. The van der Waals surface area contributed by atoms with Gasteiger partial charge in [0, 0.05) is 18.1 Å². The number of carbonyl (C=O) groups is 1. The molecule has 1 unspecified atom stereocenters.